The van der Waals surface area contributed by atoms with E-state index in [1.165, 1.54) is 6.08 Å². The summed E-state index contributed by atoms with van der Waals surface area (Å²) in [6.45, 7) is 7.99. The third-order valence-corrected chi connectivity index (χ3v) is 5.95. The van der Waals surface area contributed by atoms with Crippen LogP contribution in [0.2, 0.25) is 0 Å². The van der Waals surface area contributed by atoms with Crippen molar-refractivity contribution in [3.8, 4) is 11.5 Å². The molecule has 1 fully saturated rings. The van der Waals surface area contributed by atoms with E-state index in [1.807, 2.05) is 18.2 Å². The van der Waals surface area contributed by atoms with Gasteiger partial charge in [-0.25, -0.2) is 4.79 Å². The van der Waals surface area contributed by atoms with Crippen molar-refractivity contribution >= 4 is 17.9 Å². The predicted molar refractivity (Wildman–Crippen MR) is 134 cm³/mol. The molecule has 1 aliphatic rings. The molecule has 3 rings (SSSR count). The maximum Gasteiger partial charge on any atom is 0.338 e. The number of ether oxygens (including phenoxy) is 4. The molecule has 0 N–H and O–H groups in total. The first-order chi connectivity index (χ1) is 17.5. The van der Waals surface area contributed by atoms with Gasteiger partial charge in [-0.15, -0.1) is 0 Å². The van der Waals surface area contributed by atoms with Crippen molar-refractivity contribution in [2.24, 2.45) is 11.8 Å². The Kier molecular flexibility index (Phi) is 10.3. The molecule has 1 saturated carbocycles. The third-order valence-electron chi connectivity index (χ3n) is 5.95. The lowest BCUT2D eigenvalue weighted by Crippen LogP contribution is -2.30. The quantitative estimate of drug-likeness (QED) is 0.124. The zero-order valence-electron chi connectivity index (χ0n) is 20.4. The fourth-order valence-electron chi connectivity index (χ4n) is 3.83. The smallest absolute Gasteiger partial charge is 0.338 e. The topological polar surface area (TPSA) is 88.1 Å². The largest absolute Gasteiger partial charge is 0.494 e. The second kappa shape index (κ2) is 13.9. The van der Waals surface area contributed by atoms with E-state index >= 15 is 0 Å². The van der Waals surface area contributed by atoms with Crippen LogP contribution in [0.25, 0.3) is 0 Å². The van der Waals surface area contributed by atoms with E-state index in [0.717, 1.165) is 6.42 Å². The van der Waals surface area contributed by atoms with E-state index in [9.17, 15) is 14.4 Å². The van der Waals surface area contributed by atoms with Gasteiger partial charge in [0.2, 0.25) is 0 Å². The van der Waals surface area contributed by atoms with Gasteiger partial charge in [-0.3, -0.25) is 9.59 Å². The molecule has 7 heteroatoms. The second-order valence-electron chi connectivity index (χ2n) is 8.59. The highest BCUT2D eigenvalue weighted by Gasteiger charge is 2.32. The molecule has 0 spiro atoms. The first-order valence-electron chi connectivity index (χ1n) is 12.2. The van der Waals surface area contributed by atoms with Crippen LogP contribution in [0.15, 0.2) is 79.6 Å². The average Bonchev–Trinajstić information content (AvgIpc) is 2.91. The van der Waals surface area contributed by atoms with Gasteiger partial charge in [-0.2, -0.15) is 0 Å². The molecule has 0 unspecified atom stereocenters. The molecule has 0 amide bonds. The van der Waals surface area contributed by atoms with Gasteiger partial charge in [0.15, 0.2) is 0 Å². The molecule has 2 aromatic rings. The number of carbonyl (C=O) groups is 3. The number of carbonyl (C=O) groups excluding carboxylic acids is 3. The Morgan fingerprint density at radius 3 is 1.78 bits per heavy atom. The Balaban J connectivity index is 1.36. The molecule has 0 aromatic heterocycles. The van der Waals surface area contributed by atoms with Crippen molar-refractivity contribution in [1.29, 1.82) is 0 Å². The van der Waals surface area contributed by atoms with Crippen molar-refractivity contribution in [3.63, 3.8) is 0 Å². The third kappa shape index (κ3) is 8.41. The summed E-state index contributed by atoms with van der Waals surface area (Å²) in [5, 5.41) is 0. The summed E-state index contributed by atoms with van der Waals surface area (Å²) >= 11 is 0. The van der Waals surface area contributed by atoms with E-state index in [2.05, 4.69) is 13.2 Å². The molecule has 0 saturated heterocycles. The zero-order valence-corrected chi connectivity index (χ0v) is 20.4. The van der Waals surface area contributed by atoms with Gasteiger partial charge in [0.05, 0.1) is 30.6 Å². The minimum absolute atomic E-state index is 0.223. The Hall–Kier alpha value is -3.87. The van der Waals surface area contributed by atoms with Gasteiger partial charge < -0.3 is 18.9 Å². The molecule has 1 aliphatic carbocycles. The summed E-state index contributed by atoms with van der Waals surface area (Å²) in [6.07, 6.45) is 5.20. The van der Waals surface area contributed by atoms with Crippen LogP contribution in [-0.2, 0) is 19.1 Å². The van der Waals surface area contributed by atoms with Crippen molar-refractivity contribution < 1.29 is 33.3 Å². The molecule has 0 atom stereocenters. The second-order valence-corrected chi connectivity index (χ2v) is 8.59. The molecule has 0 heterocycles. The normalized spacial score (nSPS) is 16.9. The monoisotopic (exact) mass is 492 g/mol. The van der Waals surface area contributed by atoms with Gasteiger partial charge in [-0.1, -0.05) is 31.4 Å². The molecule has 0 aliphatic heterocycles. The SMILES string of the molecule is C=CC(=C)OCCCCOC(=O)c1ccc(OC(=O)C2CCC(C(=O)Oc3ccccc3)CC2)cc1. The van der Waals surface area contributed by atoms with E-state index in [1.54, 1.807) is 36.4 Å². The Bertz CT molecular complexity index is 1040. The molecule has 0 radical (unpaired) electrons. The lowest BCUT2D eigenvalue weighted by Gasteiger charge is -2.25. The van der Waals surface area contributed by atoms with Gasteiger partial charge >= 0.3 is 17.9 Å². The summed E-state index contributed by atoms with van der Waals surface area (Å²) in [4.78, 5) is 37.2. The minimum atomic E-state index is -0.440. The van der Waals surface area contributed by atoms with Crippen molar-refractivity contribution in [2.75, 3.05) is 13.2 Å². The fourth-order valence-corrected chi connectivity index (χ4v) is 3.83. The Morgan fingerprint density at radius 2 is 1.25 bits per heavy atom. The van der Waals surface area contributed by atoms with Crippen LogP contribution >= 0.6 is 0 Å². The maximum atomic E-state index is 12.6. The highest BCUT2D eigenvalue weighted by atomic mass is 16.5. The van der Waals surface area contributed by atoms with Crippen molar-refractivity contribution in [3.05, 3.63) is 85.2 Å². The van der Waals surface area contributed by atoms with Crippen LogP contribution < -0.4 is 9.47 Å². The van der Waals surface area contributed by atoms with E-state index in [-0.39, 0.29) is 30.4 Å². The minimum Gasteiger partial charge on any atom is -0.494 e. The molecular weight excluding hydrogens is 460 g/mol. The molecular formula is C29H32O7. The van der Waals surface area contributed by atoms with Crippen molar-refractivity contribution in [1.82, 2.24) is 0 Å². The fraction of sp³-hybridized carbons (Fsp3) is 0.345. The number of rotatable bonds is 12. The molecule has 36 heavy (non-hydrogen) atoms. The van der Waals surface area contributed by atoms with Gasteiger partial charge in [0.1, 0.15) is 17.3 Å². The van der Waals surface area contributed by atoms with Gasteiger partial charge in [0, 0.05) is 0 Å². The number of esters is 3. The van der Waals surface area contributed by atoms with Crippen molar-refractivity contribution in [2.45, 2.75) is 38.5 Å². The summed E-state index contributed by atoms with van der Waals surface area (Å²) in [7, 11) is 0. The summed E-state index contributed by atoms with van der Waals surface area (Å²) in [6, 6.07) is 15.3. The Morgan fingerprint density at radius 1 is 0.750 bits per heavy atom. The highest BCUT2D eigenvalue weighted by molar-refractivity contribution is 5.89. The molecule has 190 valence electrons. The van der Waals surface area contributed by atoms with E-state index in [0.29, 0.717) is 61.5 Å². The van der Waals surface area contributed by atoms with Crippen LogP contribution in [0.5, 0.6) is 11.5 Å². The summed E-state index contributed by atoms with van der Waals surface area (Å²) in [5.41, 5.74) is 0.378. The molecule has 2 aromatic carbocycles. The van der Waals surface area contributed by atoms with Gasteiger partial charge in [0.25, 0.3) is 0 Å². The number of hydrogen-bond donors (Lipinski definition) is 0. The summed E-state index contributed by atoms with van der Waals surface area (Å²) < 4.78 is 21.5. The average molecular weight is 493 g/mol. The number of hydrogen-bond acceptors (Lipinski definition) is 7. The number of para-hydroxylation sites is 1. The highest BCUT2D eigenvalue weighted by Crippen LogP contribution is 2.31. The maximum absolute atomic E-state index is 12.6. The van der Waals surface area contributed by atoms with Gasteiger partial charge in [-0.05, 0) is 81.0 Å². The number of benzene rings is 2. The number of allylic oxidation sites excluding steroid dienone is 1. The first kappa shape index (κ1) is 26.7. The van der Waals surface area contributed by atoms with Crippen LogP contribution in [-0.4, -0.2) is 31.1 Å². The van der Waals surface area contributed by atoms with Crippen LogP contribution in [0.3, 0.4) is 0 Å². The molecule has 7 nitrogen and oxygen atoms in total. The van der Waals surface area contributed by atoms with Crippen LogP contribution in [0.4, 0.5) is 0 Å². The van der Waals surface area contributed by atoms with Crippen LogP contribution in [0.1, 0.15) is 48.9 Å². The standard InChI is InChI=1S/C29H32O7/c1-3-21(2)33-19-7-8-20-34-27(30)22-15-17-26(18-16-22)36-29(32)24-13-11-23(12-14-24)28(31)35-25-9-5-4-6-10-25/h3-6,9-10,15-18,23-24H,1-2,7-8,11-14,19-20H2. The van der Waals surface area contributed by atoms with E-state index < -0.39 is 5.97 Å². The zero-order chi connectivity index (χ0) is 25.8. The van der Waals surface area contributed by atoms with E-state index in [4.69, 9.17) is 18.9 Å². The lowest BCUT2D eigenvalue weighted by atomic mass is 9.82. The molecule has 0 bridgehead atoms. The number of unbranched alkanes of at least 4 members (excludes halogenated alkanes) is 1. The Labute approximate surface area is 211 Å². The lowest BCUT2D eigenvalue weighted by molar-refractivity contribution is -0.145. The first-order valence-corrected chi connectivity index (χ1v) is 12.2. The van der Waals surface area contributed by atoms with Crippen LogP contribution in [0, 0.1) is 11.8 Å². The predicted octanol–water partition coefficient (Wildman–Crippen LogP) is 5.66. The summed E-state index contributed by atoms with van der Waals surface area (Å²) in [5.74, 6) is -0.127.